The van der Waals surface area contributed by atoms with Gasteiger partial charge < -0.3 is 15.0 Å². The Balaban J connectivity index is 3.77. The molecule has 0 spiro atoms. The first kappa shape index (κ1) is 16.7. The van der Waals surface area contributed by atoms with Crippen LogP contribution in [0.25, 0.3) is 0 Å². The summed E-state index contributed by atoms with van der Waals surface area (Å²) in [6.07, 6.45) is 1.89. The summed E-state index contributed by atoms with van der Waals surface area (Å²) >= 11 is 0. The molecule has 106 valence electrons. The summed E-state index contributed by atoms with van der Waals surface area (Å²) in [6.45, 7) is 8.57. The summed E-state index contributed by atoms with van der Waals surface area (Å²) in [7, 11) is 1.78. The van der Waals surface area contributed by atoms with Gasteiger partial charge in [-0.2, -0.15) is 0 Å². The second-order valence-electron chi connectivity index (χ2n) is 5.35. The fourth-order valence-corrected chi connectivity index (χ4v) is 1.30. The number of alkyl carbamates (subject to hydrolysis) is 1. The van der Waals surface area contributed by atoms with Gasteiger partial charge in [-0.05, 0) is 27.2 Å². The maximum absolute atomic E-state index is 11.6. The number of rotatable bonds is 6. The van der Waals surface area contributed by atoms with E-state index in [1.54, 1.807) is 32.7 Å². The molecule has 0 heterocycles. The van der Waals surface area contributed by atoms with Crippen LogP contribution in [0.4, 0.5) is 4.79 Å². The summed E-state index contributed by atoms with van der Waals surface area (Å²) in [5.41, 5.74) is -0.508. The van der Waals surface area contributed by atoms with Crippen LogP contribution in [0.2, 0.25) is 0 Å². The van der Waals surface area contributed by atoms with Crippen molar-refractivity contribution in [2.75, 3.05) is 20.1 Å². The SMILES string of the molecule is CCCCN(C)C(=O)CCNC(=O)OC(C)(C)C. The monoisotopic (exact) mass is 258 g/mol. The lowest BCUT2D eigenvalue weighted by Crippen LogP contribution is -2.35. The van der Waals surface area contributed by atoms with Crippen LogP contribution in [0.3, 0.4) is 0 Å². The van der Waals surface area contributed by atoms with Crippen LogP contribution < -0.4 is 5.32 Å². The first-order chi connectivity index (χ1) is 8.26. The van der Waals surface area contributed by atoms with Gasteiger partial charge in [0.05, 0.1) is 0 Å². The summed E-state index contributed by atoms with van der Waals surface area (Å²) in [4.78, 5) is 24.7. The normalized spacial score (nSPS) is 10.9. The molecule has 0 atom stereocenters. The highest BCUT2D eigenvalue weighted by Gasteiger charge is 2.16. The Bertz CT molecular complexity index is 272. The third-order valence-corrected chi connectivity index (χ3v) is 2.28. The minimum Gasteiger partial charge on any atom is -0.444 e. The van der Waals surface area contributed by atoms with Gasteiger partial charge >= 0.3 is 6.09 Å². The number of ether oxygens (including phenoxy) is 1. The molecule has 0 saturated carbocycles. The fourth-order valence-electron chi connectivity index (χ4n) is 1.30. The lowest BCUT2D eigenvalue weighted by Gasteiger charge is -2.20. The van der Waals surface area contributed by atoms with E-state index in [1.165, 1.54) is 0 Å². The van der Waals surface area contributed by atoms with E-state index in [9.17, 15) is 9.59 Å². The first-order valence-corrected chi connectivity index (χ1v) is 6.47. The van der Waals surface area contributed by atoms with E-state index in [0.717, 1.165) is 19.4 Å². The molecule has 18 heavy (non-hydrogen) atoms. The van der Waals surface area contributed by atoms with Gasteiger partial charge in [0, 0.05) is 26.6 Å². The van der Waals surface area contributed by atoms with Crippen molar-refractivity contribution in [3.8, 4) is 0 Å². The summed E-state index contributed by atoms with van der Waals surface area (Å²) < 4.78 is 5.07. The first-order valence-electron chi connectivity index (χ1n) is 6.47. The van der Waals surface area contributed by atoms with Crippen molar-refractivity contribution >= 4 is 12.0 Å². The predicted octanol–water partition coefficient (Wildman–Crippen LogP) is 2.16. The molecular weight excluding hydrogens is 232 g/mol. The zero-order valence-corrected chi connectivity index (χ0v) is 12.2. The second kappa shape index (κ2) is 7.95. The van der Waals surface area contributed by atoms with Gasteiger partial charge in [0.15, 0.2) is 0 Å². The number of amides is 2. The Morgan fingerprint density at radius 3 is 2.39 bits per heavy atom. The highest BCUT2D eigenvalue weighted by molar-refractivity contribution is 5.77. The van der Waals surface area contributed by atoms with Crippen molar-refractivity contribution in [2.24, 2.45) is 0 Å². The maximum atomic E-state index is 11.6. The molecule has 0 fully saturated rings. The molecule has 2 amide bonds. The number of nitrogens with one attached hydrogen (secondary N) is 1. The molecule has 0 aliphatic rings. The summed E-state index contributed by atoms with van der Waals surface area (Å²) in [5, 5.41) is 2.57. The molecule has 0 aliphatic carbocycles. The standard InChI is InChI=1S/C13H26N2O3/c1-6-7-10-15(5)11(16)8-9-14-12(17)18-13(2,3)4/h6-10H2,1-5H3,(H,14,17). The van der Waals surface area contributed by atoms with Crippen molar-refractivity contribution < 1.29 is 14.3 Å². The molecule has 0 aliphatic heterocycles. The smallest absolute Gasteiger partial charge is 0.407 e. The van der Waals surface area contributed by atoms with Crippen LogP contribution in [-0.4, -0.2) is 42.6 Å². The van der Waals surface area contributed by atoms with Crippen molar-refractivity contribution in [2.45, 2.75) is 52.6 Å². The van der Waals surface area contributed by atoms with Gasteiger partial charge in [-0.15, -0.1) is 0 Å². The Kier molecular flexibility index (Phi) is 7.39. The molecule has 0 aromatic rings. The largest absolute Gasteiger partial charge is 0.444 e. The number of nitrogens with zero attached hydrogens (tertiary/aromatic N) is 1. The highest BCUT2D eigenvalue weighted by Crippen LogP contribution is 2.06. The number of unbranched alkanes of at least 4 members (excludes halogenated alkanes) is 1. The molecule has 5 nitrogen and oxygen atoms in total. The molecule has 0 rings (SSSR count). The van der Waals surface area contributed by atoms with Crippen molar-refractivity contribution in [1.82, 2.24) is 10.2 Å². The maximum Gasteiger partial charge on any atom is 0.407 e. The average molecular weight is 258 g/mol. The van der Waals surface area contributed by atoms with Gasteiger partial charge in [0.25, 0.3) is 0 Å². The van der Waals surface area contributed by atoms with Gasteiger partial charge in [0.2, 0.25) is 5.91 Å². The molecule has 5 heteroatoms. The molecule has 0 saturated heterocycles. The van der Waals surface area contributed by atoms with Crippen molar-refractivity contribution in [3.05, 3.63) is 0 Å². The molecule has 0 aromatic carbocycles. The molecular formula is C13H26N2O3. The number of carbonyl (C=O) groups excluding carboxylic acids is 2. The van der Waals surface area contributed by atoms with Crippen molar-refractivity contribution in [1.29, 1.82) is 0 Å². The summed E-state index contributed by atoms with van der Waals surface area (Å²) in [6, 6.07) is 0. The van der Waals surface area contributed by atoms with Crippen LogP contribution in [0.1, 0.15) is 47.0 Å². The molecule has 0 aromatic heterocycles. The minimum atomic E-state index is -0.508. The fraction of sp³-hybridized carbons (Fsp3) is 0.846. The molecule has 0 radical (unpaired) electrons. The van der Waals surface area contributed by atoms with Crippen LogP contribution in [-0.2, 0) is 9.53 Å². The minimum absolute atomic E-state index is 0.0412. The van der Waals surface area contributed by atoms with E-state index in [1.807, 2.05) is 0 Å². The zero-order chi connectivity index (χ0) is 14.2. The van der Waals surface area contributed by atoms with Crippen LogP contribution in [0.15, 0.2) is 0 Å². The van der Waals surface area contributed by atoms with Crippen molar-refractivity contribution in [3.63, 3.8) is 0 Å². The van der Waals surface area contributed by atoms with Gasteiger partial charge in [-0.1, -0.05) is 13.3 Å². The molecule has 0 unspecified atom stereocenters. The van der Waals surface area contributed by atoms with Crippen LogP contribution in [0, 0.1) is 0 Å². The zero-order valence-electron chi connectivity index (χ0n) is 12.2. The van der Waals surface area contributed by atoms with E-state index in [4.69, 9.17) is 4.74 Å². The lowest BCUT2D eigenvalue weighted by atomic mass is 10.2. The average Bonchev–Trinajstić information content (AvgIpc) is 2.23. The van der Waals surface area contributed by atoms with Gasteiger partial charge in [0.1, 0.15) is 5.60 Å². The van der Waals surface area contributed by atoms with Gasteiger partial charge in [-0.3, -0.25) is 4.79 Å². The van der Waals surface area contributed by atoms with E-state index in [0.29, 0.717) is 13.0 Å². The second-order valence-corrected chi connectivity index (χ2v) is 5.35. The topological polar surface area (TPSA) is 58.6 Å². The van der Waals surface area contributed by atoms with Crippen LogP contribution >= 0.6 is 0 Å². The van der Waals surface area contributed by atoms with E-state index >= 15 is 0 Å². The Morgan fingerprint density at radius 1 is 1.28 bits per heavy atom. The van der Waals surface area contributed by atoms with E-state index < -0.39 is 11.7 Å². The Hall–Kier alpha value is -1.26. The van der Waals surface area contributed by atoms with Gasteiger partial charge in [-0.25, -0.2) is 4.79 Å². The third kappa shape index (κ3) is 8.84. The van der Waals surface area contributed by atoms with Crippen LogP contribution in [0.5, 0.6) is 0 Å². The Morgan fingerprint density at radius 2 is 1.89 bits per heavy atom. The quantitative estimate of drug-likeness (QED) is 0.794. The lowest BCUT2D eigenvalue weighted by molar-refractivity contribution is -0.129. The Labute approximate surface area is 110 Å². The number of hydrogen-bond donors (Lipinski definition) is 1. The number of carbonyl (C=O) groups is 2. The number of hydrogen-bond acceptors (Lipinski definition) is 3. The summed E-state index contributed by atoms with van der Waals surface area (Å²) in [5.74, 6) is 0.0412. The predicted molar refractivity (Wildman–Crippen MR) is 71.4 cm³/mol. The third-order valence-electron chi connectivity index (χ3n) is 2.28. The van der Waals surface area contributed by atoms with E-state index in [2.05, 4.69) is 12.2 Å². The molecule has 0 bridgehead atoms. The molecule has 1 N–H and O–H groups in total. The highest BCUT2D eigenvalue weighted by atomic mass is 16.6. The van der Waals surface area contributed by atoms with E-state index in [-0.39, 0.29) is 5.91 Å².